The highest BCUT2D eigenvalue weighted by Crippen LogP contribution is 2.33. The number of nitrogens with zero attached hydrogens (tertiary/aromatic N) is 3. The van der Waals surface area contributed by atoms with E-state index in [9.17, 15) is 0 Å². The Morgan fingerprint density at radius 2 is 2.24 bits per heavy atom. The van der Waals surface area contributed by atoms with Gasteiger partial charge in [0.25, 0.3) is 0 Å². The van der Waals surface area contributed by atoms with E-state index in [1.807, 2.05) is 30.6 Å². The van der Waals surface area contributed by atoms with E-state index in [1.54, 1.807) is 7.11 Å². The van der Waals surface area contributed by atoms with Crippen molar-refractivity contribution < 1.29 is 9.47 Å². The molecule has 6 nitrogen and oxygen atoms in total. The summed E-state index contributed by atoms with van der Waals surface area (Å²) in [4.78, 5) is 6.62. The van der Waals surface area contributed by atoms with E-state index >= 15 is 0 Å². The number of rotatable bonds is 3. The summed E-state index contributed by atoms with van der Waals surface area (Å²) < 4.78 is 10.8. The van der Waals surface area contributed by atoms with Gasteiger partial charge in [-0.05, 0) is 18.4 Å². The number of benzene rings is 1. The standard InChI is InChI=1S/C14H18N4O2S/c1-19-13-9-11(17-14(21-2)16-10-15)3-4-12(13)18-5-7-20-8-6-18/h3-4,9H,5-8H2,1-2H3,(H,16,17). The number of hydrogen-bond donors (Lipinski definition) is 1. The van der Waals surface area contributed by atoms with Crippen LogP contribution in [0.2, 0.25) is 0 Å². The molecule has 112 valence electrons. The van der Waals surface area contributed by atoms with E-state index in [0.29, 0.717) is 5.17 Å². The Morgan fingerprint density at radius 3 is 2.86 bits per heavy atom. The molecule has 0 aliphatic carbocycles. The second-order valence-electron chi connectivity index (χ2n) is 4.31. The molecule has 21 heavy (non-hydrogen) atoms. The number of methoxy groups -OCH3 is 1. The van der Waals surface area contributed by atoms with Gasteiger partial charge in [-0.1, -0.05) is 11.8 Å². The minimum absolute atomic E-state index is 0.554. The Labute approximate surface area is 128 Å². The largest absolute Gasteiger partial charge is 0.495 e. The molecule has 1 N–H and O–H groups in total. The van der Waals surface area contributed by atoms with E-state index < -0.39 is 0 Å². The van der Waals surface area contributed by atoms with Crippen LogP contribution in [0.25, 0.3) is 0 Å². The summed E-state index contributed by atoms with van der Waals surface area (Å²) in [6.07, 6.45) is 3.74. The summed E-state index contributed by atoms with van der Waals surface area (Å²) in [6, 6.07) is 5.79. The van der Waals surface area contributed by atoms with Crippen molar-refractivity contribution in [2.75, 3.05) is 44.6 Å². The fourth-order valence-electron chi connectivity index (χ4n) is 2.09. The predicted octanol–water partition coefficient (Wildman–Crippen LogP) is 1.95. The summed E-state index contributed by atoms with van der Waals surface area (Å²) in [5.41, 5.74) is 1.79. The third-order valence-corrected chi connectivity index (χ3v) is 3.68. The molecule has 0 spiro atoms. The zero-order valence-corrected chi connectivity index (χ0v) is 12.9. The number of morpholine rings is 1. The highest BCUT2D eigenvalue weighted by Gasteiger charge is 2.15. The first kappa shape index (κ1) is 15.5. The second kappa shape index (κ2) is 7.76. The first-order valence-corrected chi connectivity index (χ1v) is 7.79. The molecule has 1 aromatic carbocycles. The monoisotopic (exact) mass is 306 g/mol. The van der Waals surface area contributed by atoms with Crippen molar-refractivity contribution in [3.63, 3.8) is 0 Å². The maximum Gasteiger partial charge on any atom is 0.183 e. The lowest BCUT2D eigenvalue weighted by atomic mass is 10.2. The molecule has 7 heteroatoms. The number of hydrogen-bond acceptors (Lipinski definition) is 6. The highest BCUT2D eigenvalue weighted by atomic mass is 32.2. The van der Waals surface area contributed by atoms with E-state index in [-0.39, 0.29) is 0 Å². The van der Waals surface area contributed by atoms with Crippen LogP contribution in [0.3, 0.4) is 0 Å². The molecule has 0 amide bonds. The number of nitrogens with one attached hydrogen (secondary N) is 1. The van der Waals surface area contributed by atoms with Crippen molar-refractivity contribution in [3.8, 4) is 11.9 Å². The van der Waals surface area contributed by atoms with Crippen molar-refractivity contribution in [3.05, 3.63) is 18.2 Å². The fourth-order valence-corrected chi connectivity index (χ4v) is 2.44. The topological polar surface area (TPSA) is 69.9 Å². The lowest BCUT2D eigenvalue weighted by Gasteiger charge is -2.30. The molecule has 1 aliphatic heterocycles. The summed E-state index contributed by atoms with van der Waals surface area (Å²) >= 11 is 1.38. The van der Waals surface area contributed by atoms with Crippen LogP contribution in [0.1, 0.15) is 0 Å². The van der Waals surface area contributed by atoms with Crippen LogP contribution in [0, 0.1) is 11.5 Å². The predicted molar refractivity (Wildman–Crippen MR) is 85.4 cm³/mol. The highest BCUT2D eigenvalue weighted by molar-refractivity contribution is 8.13. The molecule has 1 aromatic rings. The molecule has 0 atom stereocenters. The zero-order valence-electron chi connectivity index (χ0n) is 12.1. The van der Waals surface area contributed by atoms with E-state index in [4.69, 9.17) is 14.7 Å². The molecule has 1 fully saturated rings. The summed E-state index contributed by atoms with van der Waals surface area (Å²) in [5.74, 6) is 0.774. The van der Waals surface area contributed by atoms with Crippen LogP contribution in [-0.4, -0.2) is 44.8 Å². The Morgan fingerprint density at radius 1 is 1.48 bits per heavy atom. The van der Waals surface area contributed by atoms with Crippen LogP contribution in [0.4, 0.5) is 11.4 Å². The number of aliphatic imine (C=N–C) groups is 1. The van der Waals surface area contributed by atoms with Crippen molar-refractivity contribution >= 4 is 28.3 Å². The maximum atomic E-state index is 8.66. The Balaban J connectivity index is 2.25. The summed E-state index contributed by atoms with van der Waals surface area (Å²) in [5, 5.41) is 11.8. The van der Waals surface area contributed by atoms with Crippen molar-refractivity contribution in [1.29, 1.82) is 5.26 Å². The molecular weight excluding hydrogens is 288 g/mol. The van der Waals surface area contributed by atoms with Gasteiger partial charge in [0, 0.05) is 19.2 Å². The third-order valence-electron chi connectivity index (χ3n) is 3.10. The molecule has 1 aliphatic rings. The number of amidine groups is 1. The molecule has 1 saturated heterocycles. The zero-order chi connectivity index (χ0) is 15.1. The van der Waals surface area contributed by atoms with E-state index in [1.165, 1.54) is 11.8 Å². The number of ether oxygens (including phenoxy) is 2. The second-order valence-corrected chi connectivity index (χ2v) is 5.11. The lowest BCUT2D eigenvalue weighted by molar-refractivity contribution is 0.122. The average Bonchev–Trinajstić information content (AvgIpc) is 2.55. The number of thioether (sulfide) groups is 1. The van der Waals surface area contributed by atoms with Gasteiger partial charge in [0.2, 0.25) is 0 Å². The number of anilines is 1. The van der Waals surface area contributed by atoms with Crippen LogP contribution in [0.15, 0.2) is 23.2 Å². The Bertz CT molecular complexity index is 550. The SMILES string of the molecule is COc1cc(N=C(NC#N)SC)ccc1N1CCOCC1. The van der Waals surface area contributed by atoms with Gasteiger partial charge in [-0.3, -0.25) is 5.32 Å². The molecule has 0 unspecified atom stereocenters. The molecule has 0 radical (unpaired) electrons. The van der Waals surface area contributed by atoms with Gasteiger partial charge in [-0.15, -0.1) is 0 Å². The van der Waals surface area contributed by atoms with Gasteiger partial charge in [-0.25, -0.2) is 4.99 Å². The molecule has 1 heterocycles. The van der Waals surface area contributed by atoms with Gasteiger partial charge < -0.3 is 14.4 Å². The van der Waals surface area contributed by atoms with Crippen LogP contribution >= 0.6 is 11.8 Å². The molecule has 0 bridgehead atoms. The van der Waals surface area contributed by atoms with Crippen LogP contribution in [-0.2, 0) is 4.74 Å². The lowest BCUT2D eigenvalue weighted by Crippen LogP contribution is -2.36. The average molecular weight is 306 g/mol. The van der Waals surface area contributed by atoms with E-state index in [0.717, 1.165) is 43.4 Å². The fraction of sp³-hybridized carbons (Fsp3) is 0.429. The summed E-state index contributed by atoms with van der Waals surface area (Å²) in [7, 11) is 1.65. The van der Waals surface area contributed by atoms with Crippen LogP contribution in [0.5, 0.6) is 5.75 Å². The van der Waals surface area contributed by atoms with Gasteiger partial charge in [0.1, 0.15) is 5.75 Å². The maximum absolute atomic E-state index is 8.66. The summed E-state index contributed by atoms with van der Waals surface area (Å²) in [6.45, 7) is 3.16. The van der Waals surface area contributed by atoms with Crippen molar-refractivity contribution in [2.24, 2.45) is 4.99 Å². The minimum atomic E-state index is 0.554. The normalized spacial score (nSPS) is 15.5. The Kier molecular flexibility index (Phi) is 5.72. The Hall–Kier alpha value is -1.91. The smallest absolute Gasteiger partial charge is 0.183 e. The first-order chi connectivity index (χ1) is 10.3. The van der Waals surface area contributed by atoms with Gasteiger partial charge in [0.15, 0.2) is 11.4 Å². The van der Waals surface area contributed by atoms with Crippen LogP contribution < -0.4 is 15.0 Å². The van der Waals surface area contributed by atoms with Crippen molar-refractivity contribution in [1.82, 2.24) is 5.32 Å². The first-order valence-electron chi connectivity index (χ1n) is 6.57. The van der Waals surface area contributed by atoms with Gasteiger partial charge >= 0.3 is 0 Å². The van der Waals surface area contributed by atoms with Gasteiger partial charge in [-0.2, -0.15) is 5.26 Å². The molecule has 2 rings (SSSR count). The quantitative estimate of drug-likeness (QED) is 0.398. The molecule has 0 saturated carbocycles. The van der Waals surface area contributed by atoms with Crippen molar-refractivity contribution in [2.45, 2.75) is 0 Å². The van der Waals surface area contributed by atoms with E-state index in [2.05, 4.69) is 15.2 Å². The van der Waals surface area contributed by atoms with Gasteiger partial charge in [0.05, 0.1) is 31.7 Å². The molecular formula is C14H18N4O2S. The number of nitriles is 1. The third kappa shape index (κ3) is 4.03. The minimum Gasteiger partial charge on any atom is -0.495 e. The molecule has 0 aromatic heterocycles.